The number of nitrogens with zero attached hydrogens (tertiary/aromatic N) is 1. The van der Waals surface area contributed by atoms with Gasteiger partial charge in [-0.3, -0.25) is 4.79 Å². The molecule has 1 amide bonds. The maximum atomic E-state index is 12.3. The van der Waals surface area contributed by atoms with Crippen molar-refractivity contribution in [3.63, 3.8) is 0 Å². The van der Waals surface area contributed by atoms with Gasteiger partial charge < -0.3 is 4.90 Å². The van der Waals surface area contributed by atoms with Crippen LogP contribution < -0.4 is 0 Å². The smallest absolute Gasteiger partial charge is 0.253 e. The lowest BCUT2D eigenvalue weighted by molar-refractivity contribution is 0.0787. The van der Waals surface area contributed by atoms with Crippen molar-refractivity contribution in [3.05, 3.63) is 33.3 Å². The Morgan fingerprint density at radius 2 is 2.22 bits per heavy atom. The molecule has 0 spiro atoms. The van der Waals surface area contributed by atoms with E-state index in [1.807, 2.05) is 11.0 Å². The number of rotatable bonds is 3. The van der Waals surface area contributed by atoms with E-state index < -0.39 is 0 Å². The Morgan fingerprint density at radius 1 is 1.44 bits per heavy atom. The van der Waals surface area contributed by atoms with E-state index in [-0.39, 0.29) is 5.91 Å². The fourth-order valence-corrected chi connectivity index (χ4v) is 3.77. The van der Waals surface area contributed by atoms with Crippen molar-refractivity contribution in [1.82, 2.24) is 4.90 Å². The van der Waals surface area contributed by atoms with E-state index in [1.165, 1.54) is 0 Å². The van der Waals surface area contributed by atoms with Gasteiger partial charge in [-0.25, -0.2) is 0 Å². The van der Waals surface area contributed by atoms with Crippen LogP contribution in [0.5, 0.6) is 0 Å². The molecule has 1 fully saturated rings. The number of hydrogen-bond donors (Lipinski definition) is 0. The summed E-state index contributed by atoms with van der Waals surface area (Å²) in [6, 6.07) is 5.34. The zero-order valence-corrected chi connectivity index (χ0v) is 13.8. The molecule has 1 unspecified atom stereocenters. The van der Waals surface area contributed by atoms with Crippen LogP contribution in [0.15, 0.2) is 22.7 Å². The van der Waals surface area contributed by atoms with Crippen molar-refractivity contribution in [1.29, 1.82) is 0 Å². The van der Waals surface area contributed by atoms with E-state index in [1.54, 1.807) is 12.1 Å². The van der Waals surface area contributed by atoms with E-state index in [0.717, 1.165) is 35.7 Å². The third-order valence-electron chi connectivity index (χ3n) is 3.20. The molecule has 98 valence electrons. The lowest BCUT2D eigenvalue weighted by atomic mass is 10.1. The Bertz CT molecular complexity index is 432. The molecule has 1 saturated heterocycles. The minimum Gasteiger partial charge on any atom is -0.338 e. The van der Waals surface area contributed by atoms with Crippen molar-refractivity contribution < 1.29 is 4.79 Å². The highest BCUT2D eigenvalue weighted by molar-refractivity contribution is 9.10. The molecule has 0 aliphatic carbocycles. The van der Waals surface area contributed by atoms with Crippen LogP contribution in [0.3, 0.4) is 0 Å². The largest absolute Gasteiger partial charge is 0.338 e. The quantitative estimate of drug-likeness (QED) is 0.697. The van der Waals surface area contributed by atoms with Gasteiger partial charge >= 0.3 is 0 Å². The van der Waals surface area contributed by atoms with Gasteiger partial charge in [-0.05, 0) is 37.0 Å². The molecule has 0 N–H and O–H groups in total. The fourth-order valence-electron chi connectivity index (χ4n) is 2.27. The second kappa shape index (κ2) is 6.40. The molecule has 0 bridgehead atoms. The molecule has 2 nitrogen and oxygen atoms in total. The van der Waals surface area contributed by atoms with E-state index in [2.05, 4.69) is 31.9 Å². The number of alkyl halides is 1. The first-order valence-corrected chi connectivity index (χ1v) is 8.20. The molecule has 1 aromatic rings. The Kier molecular flexibility index (Phi) is 5.10. The van der Waals surface area contributed by atoms with Crippen LogP contribution in [0, 0.1) is 5.92 Å². The monoisotopic (exact) mass is 393 g/mol. The third-order valence-corrected chi connectivity index (χ3v) is 4.33. The van der Waals surface area contributed by atoms with Crippen molar-refractivity contribution in [2.75, 3.05) is 18.4 Å². The molecule has 1 atom stereocenters. The lowest BCUT2D eigenvalue weighted by Crippen LogP contribution is -2.28. The number of amides is 1. The predicted molar refractivity (Wildman–Crippen MR) is 81.6 cm³/mol. The van der Waals surface area contributed by atoms with E-state index >= 15 is 0 Å². The topological polar surface area (TPSA) is 20.3 Å². The minimum atomic E-state index is 0.0790. The van der Waals surface area contributed by atoms with Crippen LogP contribution in [0.25, 0.3) is 0 Å². The third kappa shape index (κ3) is 3.49. The highest BCUT2D eigenvalue weighted by atomic mass is 79.9. The highest BCUT2D eigenvalue weighted by Crippen LogP contribution is 2.25. The Labute approximate surface area is 129 Å². The van der Waals surface area contributed by atoms with Gasteiger partial charge in [0.1, 0.15) is 0 Å². The number of benzene rings is 1. The van der Waals surface area contributed by atoms with Gasteiger partial charge in [0.25, 0.3) is 5.91 Å². The standard InChI is InChI=1S/C13H14Br2ClNO/c14-3-1-9-2-4-17(8-9)13(18)10-5-11(15)7-12(16)6-10/h5-7,9H,1-4,8H2. The average Bonchev–Trinajstić information content (AvgIpc) is 2.76. The van der Waals surface area contributed by atoms with Crippen molar-refractivity contribution in [2.45, 2.75) is 12.8 Å². The van der Waals surface area contributed by atoms with Gasteiger partial charge in [0, 0.05) is 33.5 Å². The van der Waals surface area contributed by atoms with Crippen molar-refractivity contribution >= 4 is 49.4 Å². The highest BCUT2D eigenvalue weighted by Gasteiger charge is 2.26. The molecule has 5 heteroatoms. The van der Waals surface area contributed by atoms with Gasteiger partial charge in [0.2, 0.25) is 0 Å². The minimum absolute atomic E-state index is 0.0790. The lowest BCUT2D eigenvalue weighted by Gasteiger charge is -2.16. The SMILES string of the molecule is O=C(c1cc(Cl)cc(Br)c1)N1CCC(CCBr)C1. The van der Waals surface area contributed by atoms with Crippen LogP contribution in [0.1, 0.15) is 23.2 Å². The van der Waals surface area contributed by atoms with Crippen LogP contribution in [0.2, 0.25) is 5.02 Å². The summed E-state index contributed by atoms with van der Waals surface area (Å²) in [6.07, 6.45) is 2.22. The summed E-state index contributed by atoms with van der Waals surface area (Å²) < 4.78 is 0.842. The van der Waals surface area contributed by atoms with Gasteiger partial charge in [0.15, 0.2) is 0 Å². The van der Waals surface area contributed by atoms with Crippen LogP contribution in [-0.2, 0) is 0 Å². The fraction of sp³-hybridized carbons (Fsp3) is 0.462. The molecular formula is C13H14Br2ClNO. The van der Waals surface area contributed by atoms with Crippen LogP contribution >= 0.6 is 43.5 Å². The van der Waals surface area contributed by atoms with Gasteiger partial charge in [-0.15, -0.1) is 0 Å². The Morgan fingerprint density at radius 3 is 2.89 bits per heavy atom. The summed E-state index contributed by atoms with van der Waals surface area (Å²) in [6.45, 7) is 1.70. The second-order valence-electron chi connectivity index (χ2n) is 4.54. The first kappa shape index (κ1) is 14.4. The van der Waals surface area contributed by atoms with Gasteiger partial charge in [-0.2, -0.15) is 0 Å². The second-order valence-corrected chi connectivity index (χ2v) is 6.69. The first-order chi connectivity index (χ1) is 8.60. The summed E-state index contributed by atoms with van der Waals surface area (Å²) in [5, 5.41) is 1.59. The molecule has 1 aliphatic rings. The predicted octanol–water partition coefficient (Wildman–Crippen LogP) is 4.35. The molecule has 0 saturated carbocycles. The first-order valence-electron chi connectivity index (χ1n) is 5.91. The van der Waals surface area contributed by atoms with Crippen LogP contribution in [0.4, 0.5) is 0 Å². The summed E-state index contributed by atoms with van der Waals surface area (Å²) in [4.78, 5) is 14.3. The van der Waals surface area contributed by atoms with Crippen LogP contribution in [-0.4, -0.2) is 29.2 Å². The molecule has 0 radical (unpaired) electrons. The molecule has 1 aliphatic heterocycles. The number of likely N-dealkylation sites (tertiary alicyclic amines) is 1. The molecule has 2 rings (SSSR count). The van der Waals surface area contributed by atoms with Crippen molar-refractivity contribution in [2.24, 2.45) is 5.92 Å². The van der Waals surface area contributed by atoms with E-state index in [9.17, 15) is 4.79 Å². The number of carbonyl (C=O) groups excluding carboxylic acids is 1. The average molecular weight is 396 g/mol. The maximum Gasteiger partial charge on any atom is 0.253 e. The molecule has 1 heterocycles. The van der Waals surface area contributed by atoms with Crippen molar-refractivity contribution in [3.8, 4) is 0 Å². The van der Waals surface area contributed by atoms with Gasteiger partial charge in [-0.1, -0.05) is 43.5 Å². The zero-order chi connectivity index (χ0) is 13.1. The zero-order valence-electron chi connectivity index (χ0n) is 9.83. The normalized spacial score (nSPS) is 19.3. The molecule has 0 aromatic heterocycles. The summed E-state index contributed by atoms with van der Waals surface area (Å²) in [5.74, 6) is 0.700. The Balaban J connectivity index is 2.08. The molecular weight excluding hydrogens is 381 g/mol. The summed E-state index contributed by atoms with van der Waals surface area (Å²) in [7, 11) is 0. The number of halogens is 3. The number of carbonyl (C=O) groups is 1. The number of hydrogen-bond acceptors (Lipinski definition) is 1. The molecule has 1 aromatic carbocycles. The van der Waals surface area contributed by atoms with Gasteiger partial charge in [0.05, 0.1) is 0 Å². The summed E-state index contributed by atoms with van der Waals surface area (Å²) >= 11 is 12.8. The maximum absolute atomic E-state index is 12.3. The Hall–Kier alpha value is -0.0600. The van der Waals surface area contributed by atoms with E-state index in [0.29, 0.717) is 16.5 Å². The summed E-state index contributed by atoms with van der Waals surface area (Å²) in [5.41, 5.74) is 0.661. The van der Waals surface area contributed by atoms with E-state index in [4.69, 9.17) is 11.6 Å². The molecule has 18 heavy (non-hydrogen) atoms.